The molecule has 6 heteroatoms. The minimum Gasteiger partial charge on any atom is -0.342 e. The zero-order valence-electron chi connectivity index (χ0n) is 16.9. The molecular weight excluding hydrogens is 362 g/mol. The van der Waals surface area contributed by atoms with Gasteiger partial charge in [0.25, 0.3) is 0 Å². The Bertz CT molecular complexity index is 1020. The maximum absolute atomic E-state index is 12.4. The Morgan fingerprint density at radius 2 is 1.90 bits per heavy atom. The lowest BCUT2D eigenvalue weighted by atomic mass is 9.76. The predicted octanol–water partition coefficient (Wildman–Crippen LogP) is 3.04. The number of amides is 1. The Morgan fingerprint density at radius 3 is 2.72 bits per heavy atom. The summed E-state index contributed by atoms with van der Waals surface area (Å²) in [7, 11) is 0. The summed E-state index contributed by atoms with van der Waals surface area (Å²) in [4.78, 5) is 16.9. The molecule has 1 aromatic carbocycles. The summed E-state index contributed by atoms with van der Waals surface area (Å²) in [6, 6.07) is 16.7. The first kappa shape index (κ1) is 18.2. The van der Waals surface area contributed by atoms with Gasteiger partial charge in [0.1, 0.15) is 0 Å². The Hall–Kier alpha value is -2.89. The molecule has 2 fully saturated rings. The molecule has 2 aliphatic rings. The van der Waals surface area contributed by atoms with Crippen LogP contribution in [0.1, 0.15) is 25.3 Å². The van der Waals surface area contributed by atoms with Crippen LogP contribution in [0.5, 0.6) is 0 Å². The largest absolute Gasteiger partial charge is 0.342 e. The fourth-order valence-electron chi connectivity index (χ4n) is 5.19. The van der Waals surface area contributed by atoms with E-state index >= 15 is 0 Å². The van der Waals surface area contributed by atoms with Crippen LogP contribution in [-0.2, 0) is 11.2 Å². The van der Waals surface area contributed by atoms with Crippen LogP contribution in [0.25, 0.3) is 5.65 Å². The number of carbonyl (C=O) groups excluding carboxylic acids is 1. The first-order valence-corrected chi connectivity index (χ1v) is 10.5. The third-order valence-electron chi connectivity index (χ3n) is 6.75. The summed E-state index contributed by atoms with van der Waals surface area (Å²) in [6.07, 6.45) is 4.74. The van der Waals surface area contributed by atoms with E-state index in [-0.39, 0.29) is 11.3 Å². The van der Waals surface area contributed by atoms with Gasteiger partial charge in [-0.25, -0.2) is 0 Å². The van der Waals surface area contributed by atoms with Crippen molar-refractivity contribution in [2.24, 2.45) is 11.3 Å². The van der Waals surface area contributed by atoms with Crippen molar-refractivity contribution in [2.75, 3.05) is 31.1 Å². The molecule has 2 saturated heterocycles. The molecule has 0 aliphatic carbocycles. The lowest BCUT2D eigenvalue weighted by molar-refractivity contribution is -0.130. The lowest BCUT2D eigenvalue weighted by Crippen LogP contribution is -2.37. The van der Waals surface area contributed by atoms with Gasteiger partial charge < -0.3 is 9.80 Å². The van der Waals surface area contributed by atoms with E-state index in [1.165, 1.54) is 5.56 Å². The van der Waals surface area contributed by atoms with Crippen molar-refractivity contribution in [3.8, 4) is 0 Å². The Kier molecular flexibility index (Phi) is 4.49. The third kappa shape index (κ3) is 3.16. The quantitative estimate of drug-likeness (QED) is 0.673. The molecule has 4 heterocycles. The third-order valence-corrected chi connectivity index (χ3v) is 6.75. The molecule has 2 aliphatic heterocycles. The number of hydrogen-bond acceptors (Lipinski definition) is 4. The fourth-order valence-corrected chi connectivity index (χ4v) is 5.19. The van der Waals surface area contributed by atoms with Gasteiger partial charge in [-0.1, -0.05) is 43.3 Å². The second-order valence-electron chi connectivity index (χ2n) is 8.48. The van der Waals surface area contributed by atoms with Gasteiger partial charge in [0, 0.05) is 50.1 Å². The first-order chi connectivity index (χ1) is 14.2. The highest BCUT2D eigenvalue weighted by molar-refractivity contribution is 5.76. The summed E-state index contributed by atoms with van der Waals surface area (Å²) in [5.74, 6) is 1.66. The van der Waals surface area contributed by atoms with Crippen LogP contribution in [0.2, 0.25) is 0 Å². The molecule has 29 heavy (non-hydrogen) atoms. The Labute approximate surface area is 171 Å². The minimum atomic E-state index is 0.112. The molecule has 1 amide bonds. The number of rotatable bonds is 5. The number of likely N-dealkylation sites (tertiary alicyclic amines) is 1. The Morgan fingerprint density at radius 1 is 1.07 bits per heavy atom. The van der Waals surface area contributed by atoms with E-state index < -0.39 is 0 Å². The van der Waals surface area contributed by atoms with E-state index in [9.17, 15) is 4.79 Å². The summed E-state index contributed by atoms with van der Waals surface area (Å²) in [6.45, 7) is 5.52. The van der Waals surface area contributed by atoms with Crippen LogP contribution < -0.4 is 4.90 Å². The SMILES string of the molecule is CCC(=O)N1CC2CN(c3nnc4ccccn34)CC2(CCc2ccccc2)C1. The fraction of sp³-hybridized carbons (Fsp3) is 0.435. The number of fused-ring (bicyclic) bond motifs is 2. The molecule has 0 bridgehead atoms. The highest BCUT2D eigenvalue weighted by Gasteiger charge is 2.53. The lowest BCUT2D eigenvalue weighted by Gasteiger charge is -2.29. The van der Waals surface area contributed by atoms with Crippen molar-refractivity contribution >= 4 is 17.5 Å². The second-order valence-corrected chi connectivity index (χ2v) is 8.48. The molecule has 0 saturated carbocycles. The summed E-state index contributed by atoms with van der Waals surface area (Å²) >= 11 is 0. The highest BCUT2D eigenvalue weighted by Crippen LogP contribution is 2.47. The maximum atomic E-state index is 12.4. The van der Waals surface area contributed by atoms with E-state index in [1.54, 1.807) is 0 Å². The molecule has 3 aromatic rings. The number of pyridine rings is 1. The molecule has 2 aromatic heterocycles. The molecule has 2 unspecified atom stereocenters. The normalized spacial score (nSPS) is 23.7. The summed E-state index contributed by atoms with van der Waals surface area (Å²) < 4.78 is 2.07. The molecular formula is C23H27N5O. The Balaban J connectivity index is 1.42. The van der Waals surface area contributed by atoms with Gasteiger partial charge in [-0.05, 0) is 30.5 Å². The van der Waals surface area contributed by atoms with Crippen molar-refractivity contribution in [1.29, 1.82) is 0 Å². The number of hydrogen-bond donors (Lipinski definition) is 0. The molecule has 0 radical (unpaired) electrons. The van der Waals surface area contributed by atoms with E-state index in [4.69, 9.17) is 0 Å². The smallest absolute Gasteiger partial charge is 0.231 e. The van der Waals surface area contributed by atoms with Crippen molar-refractivity contribution in [3.05, 3.63) is 60.3 Å². The zero-order valence-corrected chi connectivity index (χ0v) is 16.9. The molecule has 0 spiro atoms. The van der Waals surface area contributed by atoms with Crippen LogP contribution >= 0.6 is 0 Å². The van der Waals surface area contributed by atoms with Crippen molar-refractivity contribution in [1.82, 2.24) is 19.5 Å². The molecule has 2 atom stereocenters. The number of anilines is 1. The van der Waals surface area contributed by atoms with Gasteiger partial charge in [-0.3, -0.25) is 9.20 Å². The van der Waals surface area contributed by atoms with Crippen molar-refractivity contribution in [2.45, 2.75) is 26.2 Å². The van der Waals surface area contributed by atoms with Crippen LogP contribution in [0.4, 0.5) is 5.95 Å². The number of aromatic nitrogens is 3. The number of carbonyl (C=O) groups is 1. The maximum Gasteiger partial charge on any atom is 0.231 e. The van der Waals surface area contributed by atoms with Crippen LogP contribution in [0, 0.1) is 11.3 Å². The van der Waals surface area contributed by atoms with Gasteiger partial charge in [0.2, 0.25) is 11.9 Å². The van der Waals surface area contributed by atoms with Gasteiger partial charge >= 0.3 is 0 Å². The van der Waals surface area contributed by atoms with Crippen LogP contribution in [-0.4, -0.2) is 51.6 Å². The first-order valence-electron chi connectivity index (χ1n) is 10.5. The summed E-state index contributed by atoms with van der Waals surface area (Å²) in [5, 5.41) is 8.82. The molecule has 0 N–H and O–H groups in total. The van der Waals surface area contributed by atoms with Gasteiger partial charge in [-0.2, -0.15) is 0 Å². The van der Waals surface area contributed by atoms with Gasteiger partial charge in [0.15, 0.2) is 5.65 Å². The van der Waals surface area contributed by atoms with Crippen molar-refractivity contribution < 1.29 is 4.79 Å². The van der Waals surface area contributed by atoms with Crippen LogP contribution in [0.15, 0.2) is 54.7 Å². The number of benzene rings is 1. The predicted molar refractivity (Wildman–Crippen MR) is 113 cm³/mol. The number of aryl methyl sites for hydroxylation is 1. The topological polar surface area (TPSA) is 53.7 Å². The van der Waals surface area contributed by atoms with Crippen LogP contribution in [0.3, 0.4) is 0 Å². The number of nitrogens with zero attached hydrogens (tertiary/aromatic N) is 5. The van der Waals surface area contributed by atoms with Gasteiger partial charge in [-0.15, -0.1) is 10.2 Å². The zero-order chi connectivity index (χ0) is 19.8. The minimum absolute atomic E-state index is 0.112. The summed E-state index contributed by atoms with van der Waals surface area (Å²) in [5.41, 5.74) is 2.36. The van der Waals surface area contributed by atoms with E-state index in [0.717, 1.165) is 50.6 Å². The highest BCUT2D eigenvalue weighted by atomic mass is 16.2. The van der Waals surface area contributed by atoms with E-state index in [1.807, 2.05) is 31.3 Å². The van der Waals surface area contributed by atoms with Gasteiger partial charge in [0.05, 0.1) is 0 Å². The standard InChI is InChI=1S/C23H27N5O/c1-2-21(29)26-14-19-15-27(22-25-24-20-10-6-7-13-28(20)22)17-23(19,16-26)12-11-18-8-4-3-5-9-18/h3-10,13,19H,2,11-12,14-17H2,1H3. The second kappa shape index (κ2) is 7.17. The average Bonchev–Trinajstić information content (AvgIpc) is 3.42. The molecule has 5 rings (SSSR count). The van der Waals surface area contributed by atoms with E-state index in [2.05, 4.69) is 54.7 Å². The monoisotopic (exact) mass is 389 g/mol. The molecule has 150 valence electrons. The molecule has 6 nitrogen and oxygen atoms in total. The van der Waals surface area contributed by atoms with E-state index in [0.29, 0.717) is 12.3 Å². The average molecular weight is 390 g/mol. The van der Waals surface area contributed by atoms with Crippen molar-refractivity contribution in [3.63, 3.8) is 0 Å².